The van der Waals surface area contributed by atoms with Gasteiger partial charge in [-0.25, -0.2) is 0 Å². The van der Waals surface area contributed by atoms with E-state index in [0.717, 1.165) is 12.8 Å². The molecule has 0 aliphatic carbocycles. The summed E-state index contributed by atoms with van der Waals surface area (Å²) in [4.78, 5) is 12.2. The van der Waals surface area contributed by atoms with Gasteiger partial charge in [0.25, 0.3) is 0 Å². The average Bonchev–Trinajstić information content (AvgIpc) is 2.76. The van der Waals surface area contributed by atoms with E-state index in [2.05, 4.69) is 10.6 Å². The predicted molar refractivity (Wildman–Crippen MR) is 89.4 cm³/mol. The summed E-state index contributed by atoms with van der Waals surface area (Å²) in [5, 5.41) is 6.27. The van der Waals surface area contributed by atoms with Gasteiger partial charge >= 0.3 is 6.18 Å². The van der Waals surface area contributed by atoms with Gasteiger partial charge in [-0.3, -0.25) is 4.79 Å². The molecule has 7 heteroatoms. The van der Waals surface area contributed by atoms with Gasteiger partial charge in [-0.15, -0.1) is 12.4 Å². The summed E-state index contributed by atoms with van der Waals surface area (Å²) in [5.74, 6) is 0.257. The third-order valence-electron chi connectivity index (χ3n) is 4.66. The van der Waals surface area contributed by atoms with E-state index < -0.39 is 12.6 Å². The van der Waals surface area contributed by atoms with Gasteiger partial charge in [0.2, 0.25) is 5.91 Å². The molecule has 2 heterocycles. The van der Waals surface area contributed by atoms with Crippen molar-refractivity contribution in [2.24, 2.45) is 5.92 Å². The molecule has 3 rings (SSSR count). The number of benzene rings is 1. The fourth-order valence-electron chi connectivity index (χ4n) is 3.81. The van der Waals surface area contributed by atoms with Crippen molar-refractivity contribution in [3.63, 3.8) is 0 Å². The number of hydrogen-bond donors (Lipinski definition) is 2. The highest BCUT2D eigenvalue weighted by atomic mass is 35.5. The summed E-state index contributed by atoms with van der Waals surface area (Å²) in [5.41, 5.74) is 0.601. The molecule has 0 spiro atoms. The molecule has 0 aromatic heterocycles. The van der Waals surface area contributed by atoms with Crippen molar-refractivity contribution in [3.8, 4) is 0 Å². The molecule has 3 nitrogen and oxygen atoms in total. The summed E-state index contributed by atoms with van der Waals surface area (Å²) in [6.07, 6.45) is -0.385. The van der Waals surface area contributed by atoms with Crippen LogP contribution in [-0.2, 0) is 11.2 Å². The summed E-state index contributed by atoms with van der Waals surface area (Å²) in [6.45, 7) is 0. The van der Waals surface area contributed by atoms with Crippen LogP contribution in [0.15, 0.2) is 24.3 Å². The maximum absolute atomic E-state index is 12.4. The minimum absolute atomic E-state index is 0. The zero-order chi connectivity index (χ0) is 16.4. The number of amides is 1. The highest BCUT2D eigenvalue weighted by Crippen LogP contribution is 2.33. The van der Waals surface area contributed by atoms with Crippen molar-refractivity contribution in [2.45, 2.75) is 56.8 Å². The number of nitrogens with one attached hydrogen (secondary N) is 2. The van der Waals surface area contributed by atoms with E-state index in [1.54, 1.807) is 12.1 Å². The van der Waals surface area contributed by atoms with E-state index in [0.29, 0.717) is 30.1 Å². The zero-order valence-corrected chi connectivity index (χ0v) is 14.1. The highest BCUT2D eigenvalue weighted by Gasteiger charge is 2.34. The predicted octanol–water partition coefficient (Wildman–Crippen LogP) is 4.07. The zero-order valence-electron chi connectivity index (χ0n) is 13.2. The van der Waals surface area contributed by atoms with Crippen LogP contribution in [0.4, 0.5) is 18.9 Å². The van der Waals surface area contributed by atoms with Crippen molar-refractivity contribution in [1.82, 2.24) is 5.32 Å². The van der Waals surface area contributed by atoms with Crippen LogP contribution in [0.25, 0.3) is 0 Å². The second-order valence-electron chi connectivity index (χ2n) is 6.72. The van der Waals surface area contributed by atoms with Crippen LogP contribution in [0, 0.1) is 5.92 Å². The molecule has 0 radical (unpaired) electrons. The smallest absolute Gasteiger partial charge is 0.326 e. The van der Waals surface area contributed by atoms with Gasteiger partial charge in [-0.05, 0) is 49.3 Å². The molecule has 2 aliphatic heterocycles. The largest absolute Gasteiger partial charge is 0.393 e. The molecule has 0 saturated carbocycles. The first-order valence-corrected chi connectivity index (χ1v) is 8.09. The van der Waals surface area contributed by atoms with Crippen LogP contribution in [-0.4, -0.2) is 24.2 Å². The maximum atomic E-state index is 12.4. The van der Waals surface area contributed by atoms with Crippen molar-refractivity contribution in [1.29, 1.82) is 0 Å². The summed E-state index contributed by atoms with van der Waals surface area (Å²) >= 11 is 0. The molecular formula is C17H22ClF3N2O. The Kier molecular flexibility index (Phi) is 6.15. The number of piperidine rings is 1. The Balaban J connectivity index is 0.00000208. The molecular weight excluding hydrogens is 341 g/mol. The molecule has 2 bridgehead atoms. The maximum Gasteiger partial charge on any atom is 0.393 e. The third kappa shape index (κ3) is 5.38. The SMILES string of the molecule is Cl.O=C(CC1CC2CCC(C1)N2)Nc1cccc(CC(F)(F)F)c1. The minimum Gasteiger partial charge on any atom is -0.326 e. The van der Waals surface area contributed by atoms with E-state index in [1.165, 1.54) is 25.0 Å². The van der Waals surface area contributed by atoms with Crippen molar-refractivity contribution in [3.05, 3.63) is 29.8 Å². The number of alkyl halides is 3. The summed E-state index contributed by atoms with van der Waals surface area (Å²) < 4.78 is 37.3. The van der Waals surface area contributed by atoms with Crippen LogP contribution in [0.1, 0.15) is 37.7 Å². The molecule has 2 aliphatic rings. The summed E-state index contributed by atoms with van der Waals surface area (Å²) in [6, 6.07) is 7.06. The molecule has 2 N–H and O–H groups in total. The first-order chi connectivity index (χ1) is 10.9. The molecule has 2 unspecified atom stereocenters. The van der Waals surface area contributed by atoms with Crippen LogP contribution >= 0.6 is 12.4 Å². The monoisotopic (exact) mass is 362 g/mol. The van der Waals surface area contributed by atoms with E-state index in [-0.39, 0.29) is 23.9 Å². The number of rotatable bonds is 4. The number of fused-ring (bicyclic) bond motifs is 2. The van der Waals surface area contributed by atoms with Gasteiger partial charge in [0, 0.05) is 24.2 Å². The Hall–Kier alpha value is -1.27. The number of carbonyl (C=O) groups is 1. The van der Waals surface area contributed by atoms with E-state index in [1.807, 2.05) is 0 Å². The number of halogens is 4. The lowest BCUT2D eigenvalue weighted by atomic mass is 9.89. The molecule has 24 heavy (non-hydrogen) atoms. The van der Waals surface area contributed by atoms with E-state index >= 15 is 0 Å². The Morgan fingerprint density at radius 2 is 1.88 bits per heavy atom. The molecule has 1 aromatic rings. The Morgan fingerprint density at radius 3 is 2.50 bits per heavy atom. The van der Waals surface area contributed by atoms with Crippen LogP contribution in [0.2, 0.25) is 0 Å². The van der Waals surface area contributed by atoms with E-state index in [9.17, 15) is 18.0 Å². The molecule has 134 valence electrons. The van der Waals surface area contributed by atoms with Crippen molar-refractivity contribution < 1.29 is 18.0 Å². The van der Waals surface area contributed by atoms with Crippen LogP contribution in [0.5, 0.6) is 0 Å². The third-order valence-corrected chi connectivity index (χ3v) is 4.66. The molecule has 2 saturated heterocycles. The Labute approximate surface area is 145 Å². The molecule has 2 atom stereocenters. The number of hydrogen-bond acceptors (Lipinski definition) is 2. The highest BCUT2D eigenvalue weighted by molar-refractivity contribution is 5.90. The quantitative estimate of drug-likeness (QED) is 0.847. The second-order valence-corrected chi connectivity index (χ2v) is 6.72. The number of anilines is 1. The van der Waals surface area contributed by atoms with Gasteiger partial charge < -0.3 is 10.6 Å². The Bertz CT molecular complexity index is 567. The second kappa shape index (κ2) is 7.74. The molecule has 1 amide bonds. The van der Waals surface area contributed by atoms with E-state index in [4.69, 9.17) is 0 Å². The van der Waals surface area contributed by atoms with Crippen molar-refractivity contribution in [2.75, 3.05) is 5.32 Å². The van der Waals surface area contributed by atoms with Crippen molar-refractivity contribution >= 4 is 24.0 Å². The van der Waals surface area contributed by atoms with Gasteiger partial charge in [0.1, 0.15) is 0 Å². The van der Waals surface area contributed by atoms with Crippen LogP contribution < -0.4 is 10.6 Å². The normalized spacial score (nSPS) is 25.9. The number of carbonyl (C=O) groups excluding carboxylic acids is 1. The van der Waals surface area contributed by atoms with Gasteiger partial charge in [0.05, 0.1) is 6.42 Å². The average molecular weight is 363 g/mol. The van der Waals surface area contributed by atoms with Gasteiger partial charge in [-0.2, -0.15) is 13.2 Å². The molecule has 2 fully saturated rings. The van der Waals surface area contributed by atoms with Gasteiger partial charge in [0.15, 0.2) is 0 Å². The van der Waals surface area contributed by atoms with Gasteiger partial charge in [-0.1, -0.05) is 12.1 Å². The fourth-order valence-corrected chi connectivity index (χ4v) is 3.81. The lowest BCUT2D eigenvalue weighted by Crippen LogP contribution is -2.39. The first kappa shape index (κ1) is 19.1. The van der Waals surface area contributed by atoms with Crippen LogP contribution in [0.3, 0.4) is 0 Å². The minimum atomic E-state index is -4.24. The standard InChI is InChI=1S/C17H21F3N2O.ClH/c18-17(19,20)10-11-2-1-3-13(6-11)22-16(23)9-12-7-14-4-5-15(8-12)21-14;/h1-3,6,12,14-15,21H,4-5,7-10H2,(H,22,23);1H. The lowest BCUT2D eigenvalue weighted by molar-refractivity contribution is -0.127. The lowest BCUT2D eigenvalue weighted by Gasteiger charge is -2.28. The first-order valence-electron chi connectivity index (χ1n) is 8.09. The Morgan fingerprint density at radius 1 is 1.21 bits per heavy atom. The topological polar surface area (TPSA) is 41.1 Å². The fraction of sp³-hybridized carbons (Fsp3) is 0.588. The molecule has 1 aromatic carbocycles. The summed E-state index contributed by atoms with van der Waals surface area (Å²) in [7, 11) is 0.